The van der Waals surface area contributed by atoms with E-state index < -0.39 is 17.2 Å². The smallest absolute Gasteiger partial charge is 0.279 e. The number of benzene rings is 1. The Morgan fingerprint density at radius 2 is 1.85 bits per heavy atom. The van der Waals surface area contributed by atoms with Gasteiger partial charge in [0.05, 0.1) is 11.0 Å². The summed E-state index contributed by atoms with van der Waals surface area (Å²) in [6.45, 7) is 3.25. The molecule has 1 aromatic carbocycles. The van der Waals surface area contributed by atoms with Gasteiger partial charge in [-0.25, -0.2) is 4.98 Å². The Hall–Kier alpha value is -2.54. The van der Waals surface area contributed by atoms with E-state index in [1.54, 1.807) is 4.57 Å². The molecule has 2 aliphatic carbocycles. The number of primary amides is 1. The lowest BCUT2D eigenvalue weighted by atomic mass is 9.69. The van der Waals surface area contributed by atoms with Gasteiger partial charge in [-0.15, -0.1) is 0 Å². The molecule has 0 spiro atoms. The van der Waals surface area contributed by atoms with Crippen molar-refractivity contribution in [2.45, 2.75) is 89.3 Å². The van der Waals surface area contributed by atoms with Crippen LogP contribution < -0.4 is 11.3 Å². The van der Waals surface area contributed by atoms with Crippen LogP contribution in [0, 0.1) is 17.2 Å². The predicted molar refractivity (Wildman–Crippen MR) is 134 cm³/mol. The first-order chi connectivity index (χ1) is 16.4. The van der Waals surface area contributed by atoms with Crippen LogP contribution in [0.5, 0.6) is 0 Å². The summed E-state index contributed by atoms with van der Waals surface area (Å²) in [5.41, 5.74) is 5.61. The number of aromatic nitrogens is 2. The van der Waals surface area contributed by atoms with Crippen LogP contribution in [0.3, 0.4) is 0 Å². The molecule has 7 nitrogen and oxygen atoms in total. The molecule has 0 radical (unpaired) electrons. The lowest BCUT2D eigenvalue weighted by molar-refractivity contribution is -0.112. The zero-order chi connectivity index (χ0) is 23.8. The molecular weight excluding hydrogens is 426 g/mol. The average molecular weight is 464 g/mol. The van der Waals surface area contributed by atoms with Crippen molar-refractivity contribution in [3.63, 3.8) is 0 Å². The third kappa shape index (κ3) is 4.42. The Morgan fingerprint density at radius 1 is 1.12 bits per heavy atom. The highest BCUT2D eigenvalue weighted by Gasteiger charge is 2.38. The van der Waals surface area contributed by atoms with Crippen LogP contribution >= 0.6 is 0 Å². The van der Waals surface area contributed by atoms with E-state index in [4.69, 9.17) is 11.1 Å². The summed E-state index contributed by atoms with van der Waals surface area (Å²) in [4.78, 5) is 32.3. The van der Waals surface area contributed by atoms with E-state index in [1.807, 2.05) is 24.3 Å². The molecule has 2 heterocycles. The number of hydrogen-bond acceptors (Lipinski definition) is 5. The van der Waals surface area contributed by atoms with Crippen molar-refractivity contribution >= 4 is 22.7 Å². The minimum Gasteiger partial charge on any atom is -0.364 e. The second-order valence-electron chi connectivity index (χ2n) is 10.9. The first-order valence-electron chi connectivity index (χ1n) is 13.1. The number of nitrogens with zero attached hydrogens (tertiary/aromatic N) is 3. The van der Waals surface area contributed by atoms with Crippen molar-refractivity contribution in [3.05, 3.63) is 40.3 Å². The summed E-state index contributed by atoms with van der Waals surface area (Å²) >= 11 is 0. The molecule has 182 valence electrons. The lowest BCUT2D eigenvalue weighted by Crippen LogP contribution is -2.50. The summed E-state index contributed by atoms with van der Waals surface area (Å²) < 4.78 is 1.75. The van der Waals surface area contributed by atoms with E-state index in [2.05, 4.69) is 16.8 Å². The molecule has 2 unspecified atom stereocenters. The van der Waals surface area contributed by atoms with E-state index in [1.165, 1.54) is 51.4 Å². The third-order valence-corrected chi connectivity index (χ3v) is 8.58. The first kappa shape index (κ1) is 23.2. The van der Waals surface area contributed by atoms with Gasteiger partial charge in [0.2, 0.25) is 0 Å². The van der Waals surface area contributed by atoms with Gasteiger partial charge in [-0.1, -0.05) is 37.8 Å². The number of hydrogen-bond donors (Lipinski definition) is 2. The van der Waals surface area contributed by atoms with Gasteiger partial charge in [0.15, 0.2) is 11.4 Å². The van der Waals surface area contributed by atoms with Gasteiger partial charge in [-0.3, -0.25) is 19.9 Å². The van der Waals surface area contributed by atoms with Gasteiger partial charge < -0.3 is 10.3 Å². The Bertz CT molecular complexity index is 1130. The molecule has 5 rings (SSSR count). The zero-order valence-electron chi connectivity index (χ0n) is 20.2. The quantitative estimate of drug-likeness (QED) is 0.631. The van der Waals surface area contributed by atoms with E-state index in [-0.39, 0.29) is 11.7 Å². The Kier molecular flexibility index (Phi) is 6.56. The third-order valence-electron chi connectivity index (χ3n) is 8.58. The molecule has 1 saturated heterocycles. The molecule has 4 atom stereocenters. The molecule has 3 N–H and O–H groups in total. The molecule has 2 aromatic rings. The van der Waals surface area contributed by atoms with Gasteiger partial charge in [-0.2, -0.15) is 0 Å². The summed E-state index contributed by atoms with van der Waals surface area (Å²) in [6, 6.07) is 8.53. The highest BCUT2D eigenvalue weighted by molar-refractivity contribution is 6.43. The Balaban J connectivity index is 1.45. The number of fused-ring (bicyclic) bond motifs is 3. The van der Waals surface area contributed by atoms with E-state index >= 15 is 0 Å². The van der Waals surface area contributed by atoms with Gasteiger partial charge in [0.25, 0.3) is 11.5 Å². The number of carbonyl (C=O) groups is 1. The minimum absolute atomic E-state index is 0.0754. The molecule has 34 heavy (non-hydrogen) atoms. The van der Waals surface area contributed by atoms with Crippen molar-refractivity contribution in [1.29, 1.82) is 5.41 Å². The van der Waals surface area contributed by atoms with Gasteiger partial charge in [-0.05, 0) is 76.0 Å². The first-order valence-corrected chi connectivity index (χ1v) is 13.1. The number of piperidine rings is 1. The average Bonchev–Trinajstić information content (AvgIpc) is 2.83. The largest absolute Gasteiger partial charge is 0.364 e. The Morgan fingerprint density at radius 3 is 2.59 bits per heavy atom. The van der Waals surface area contributed by atoms with Crippen molar-refractivity contribution in [1.82, 2.24) is 14.5 Å². The number of nitrogens with one attached hydrogen (secondary N) is 1. The fourth-order valence-electron chi connectivity index (χ4n) is 7.09. The maximum atomic E-state index is 13.5. The van der Waals surface area contributed by atoms with Gasteiger partial charge in [0.1, 0.15) is 0 Å². The maximum Gasteiger partial charge on any atom is 0.279 e. The van der Waals surface area contributed by atoms with Crippen molar-refractivity contribution in [2.75, 3.05) is 6.54 Å². The molecule has 1 aliphatic heterocycles. The predicted octanol–water partition coefficient (Wildman–Crippen LogP) is 4.02. The lowest BCUT2D eigenvalue weighted by Gasteiger charge is -2.48. The number of para-hydroxylation sites is 2. The molecule has 3 aliphatic rings. The van der Waals surface area contributed by atoms with Crippen molar-refractivity contribution in [3.8, 4) is 0 Å². The van der Waals surface area contributed by atoms with E-state index in [0.717, 1.165) is 36.7 Å². The van der Waals surface area contributed by atoms with Gasteiger partial charge in [0, 0.05) is 18.1 Å². The zero-order valence-corrected chi connectivity index (χ0v) is 20.2. The minimum atomic E-state index is -0.930. The number of amides is 1. The highest BCUT2D eigenvalue weighted by Crippen LogP contribution is 2.43. The summed E-state index contributed by atoms with van der Waals surface area (Å²) in [5, 5.41) is 8.06. The fraction of sp³-hybridized carbons (Fsp3) is 0.630. The van der Waals surface area contributed by atoms with Gasteiger partial charge >= 0.3 is 0 Å². The Labute approximate surface area is 201 Å². The molecule has 3 fully saturated rings. The summed E-state index contributed by atoms with van der Waals surface area (Å²) in [6.07, 6.45) is 12.8. The van der Waals surface area contributed by atoms with Crippen LogP contribution in [0.15, 0.2) is 29.1 Å². The van der Waals surface area contributed by atoms with Crippen LogP contribution in [-0.2, 0) is 4.79 Å². The molecule has 1 amide bonds. The number of carbonyl (C=O) groups excluding carboxylic acids is 1. The topological polar surface area (TPSA) is 105 Å². The van der Waals surface area contributed by atoms with Crippen molar-refractivity contribution in [2.24, 2.45) is 17.6 Å². The standard InChI is InChI=1S/C27H37N5O2/c1-17(32-23-11-3-2-10-22(23)30-25(27(32)34)24(28)26(29)33)13-20-9-4-5-12-31(20)21-15-18-7-6-8-19(14-18)16-21/h2-3,10-11,17-21,28H,4-9,12-16H2,1H3,(H2,29,33)/t17-,18?,19?,20-,21?/m0/s1. The normalized spacial score (nSPS) is 28.5. The van der Waals surface area contributed by atoms with Crippen LogP contribution in [0.1, 0.15) is 82.9 Å². The van der Waals surface area contributed by atoms with Crippen molar-refractivity contribution < 1.29 is 4.79 Å². The van der Waals surface area contributed by atoms with Crippen LogP contribution in [-0.4, -0.2) is 44.7 Å². The summed E-state index contributed by atoms with van der Waals surface area (Å²) in [5.74, 6) is 0.860. The molecule has 2 saturated carbocycles. The van der Waals surface area contributed by atoms with Crippen LogP contribution in [0.4, 0.5) is 0 Å². The maximum absolute atomic E-state index is 13.5. The fourth-order valence-corrected chi connectivity index (χ4v) is 7.09. The SMILES string of the molecule is C[C@@H](C[C@@H]1CCCCN1C1CC2CCCC(C2)C1)n1c(=O)c(C(=N)C(N)=O)nc2ccccc21. The number of rotatable bonds is 6. The molecule has 1 aromatic heterocycles. The van der Waals surface area contributed by atoms with Crippen LogP contribution in [0.2, 0.25) is 0 Å². The van der Waals surface area contributed by atoms with E-state index in [0.29, 0.717) is 17.6 Å². The molecule has 7 heteroatoms. The highest BCUT2D eigenvalue weighted by atomic mass is 16.1. The second kappa shape index (κ2) is 9.61. The second-order valence-corrected chi connectivity index (χ2v) is 10.9. The number of likely N-dealkylation sites (tertiary alicyclic amines) is 1. The number of nitrogens with two attached hydrogens (primary N) is 1. The monoisotopic (exact) mass is 463 g/mol. The van der Waals surface area contributed by atoms with E-state index in [9.17, 15) is 9.59 Å². The molecular formula is C27H37N5O2. The summed E-state index contributed by atoms with van der Waals surface area (Å²) in [7, 11) is 0. The molecule has 2 bridgehead atoms. The van der Waals surface area contributed by atoms with Crippen LogP contribution in [0.25, 0.3) is 11.0 Å².